The van der Waals surface area contributed by atoms with E-state index in [0.29, 0.717) is 17.4 Å². The van der Waals surface area contributed by atoms with E-state index in [9.17, 15) is 13.8 Å². The van der Waals surface area contributed by atoms with Gasteiger partial charge >= 0.3 is 6.09 Å². The fourth-order valence-corrected chi connectivity index (χ4v) is 6.11. The molecule has 1 saturated carbocycles. The van der Waals surface area contributed by atoms with E-state index in [1.807, 2.05) is 31.3 Å². The Labute approximate surface area is 238 Å². The van der Waals surface area contributed by atoms with E-state index < -0.39 is 17.1 Å². The Balaban J connectivity index is 0.000000652. The molecule has 1 unspecified atom stereocenters. The first-order valence-electron chi connectivity index (χ1n) is 13.1. The minimum Gasteiger partial charge on any atom is -0.447 e. The van der Waals surface area contributed by atoms with Crippen molar-refractivity contribution in [3.63, 3.8) is 0 Å². The lowest BCUT2D eigenvalue weighted by Gasteiger charge is -2.18. The minimum atomic E-state index is -1.36. The summed E-state index contributed by atoms with van der Waals surface area (Å²) in [5.41, 5.74) is 6.33. The summed E-state index contributed by atoms with van der Waals surface area (Å²) < 4.78 is 24.4. The Morgan fingerprint density at radius 1 is 1.23 bits per heavy atom. The van der Waals surface area contributed by atoms with Crippen LogP contribution in [-0.2, 0) is 31.7 Å². The molecule has 1 aromatic heterocycles. The quantitative estimate of drug-likeness (QED) is 0.330. The van der Waals surface area contributed by atoms with Crippen LogP contribution in [0.5, 0.6) is 0 Å². The van der Waals surface area contributed by atoms with Crippen LogP contribution >= 0.6 is 11.3 Å². The first-order valence-corrected chi connectivity index (χ1v) is 15.1. The van der Waals surface area contributed by atoms with Crippen molar-refractivity contribution in [2.24, 2.45) is 5.73 Å². The number of thiazole rings is 1. The number of nitrogens with one attached hydrogen (secondary N) is 2. The van der Waals surface area contributed by atoms with E-state index in [4.69, 9.17) is 5.11 Å². The molecule has 39 heavy (non-hydrogen) atoms. The number of aliphatic hydroxyl groups excluding tert-OH is 1. The average Bonchev–Trinajstić information content (AvgIpc) is 3.38. The van der Waals surface area contributed by atoms with Gasteiger partial charge in [0.05, 0.1) is 33.9 Å². The van der Waals surface area contributed by atoms with E-state index in [2.05, 4.69) is 30.2 Å². The Hall–Kier alpha value is -2.38. The summed E-state index contributed by atoms with van der Waals surface area (Å²) >= 11 is 1.69. The van der Waals surface area contributed by atoms with Gasteiger partial charge < -0.3 is 25.6 Å². The molecule has 0 radical (unpaired) electrons. The van der Waals surface area contributed by atoms with Gasteiger partial charge in [0.1, 0.15) is 11.0 Å². The van der Waals surface area contributed by atoms with Crippen LogP contribution in [0.4, 0.5) is 4.79 Å². The van der Waals surface area contributed by atoms with Gasteiger partial charge in [-0.3, -0.25) is 4.79 Å². The molecule has 220 valence electrons. The topological polar surface area (TPSA) is 153 Å². The third kappa shape index (κ3) is 13.5. The van der Waals surface area contributed by atoms with E-state index in [-0.39, 0.29) is 31.6 Å². The van der Waals surface area contributed by atoms with Crippen molar-refractivity contribution in [2.75, 3.05) is 33.9 Å². The average molecular weight is 585 g/mol. The van der Waals surface area contributed by atoms with E-state index in [0.717, 1.165) is 16.0 Å². The lowest BCUT2D eigenvalue weighted by atomic mass is 9.90. The van der Waals surface area contributed by atoms with Gasteiger partial charge in [-0.15, -0.1) is 11.3 Å². The monoisotopic (exact) mass is 584 g/mol. The number of benzene rings is 1. The Morgan fingerprint density at radius 2 is 1.90 bits per heavy atom. The zero-order chi connectivity index (χ0) is 29.2. The van der Waals surface area contributed by atoms with Crippen molar-refractivity contribution < 1.29 is 28.4 Å². The molecule has 1 fully saturated rings. The molecule has 0 saturated heterocycles. The molecule has 2 aromatic rings. The number of nitrogens with zero attached hydrogens (tertiary/aromatic N) is 1. The molecular weight excluding hydrogens is 540 g/mol. The highest BCUT2D eigenvalue weighted by Gasteiger charge is 2.21. The number of hydrogen-bond donors (Lipinski definition) is 4. The van der Waals surface area contributed by atoms with Gasteiger partial charge in [0.25, 0.3) is 0 Å². The molecule has 1 atom stereocenters. The minimum absolute atomic E-state index is 0.0882. The molecule has 1 aromatic carbocycles. The Bertz CT molecular complexity index is 1030. The molecule has 1 aliphatic carbocycles. The Kier molecular flexibility index (Phi) is 17.5. The van der Waals surface area contributed by atoms with Crippen LogP contribution < -0.4 is 15.8 Å². The van der Waals surface area contributed by atoms with Crippen LogP contribution in [0.3, 0.4) is 0 Å². The van der Waals surface area contributed by atoms with Crippen molar-refractivity contribution in [3.8, 4) is 10.4 Å². The smallest absolute Gasteiger partial charge is 0.404 e. The van der Waals surface area contributed by atoms with Crippen LogP contribution in [0, 0.1) is 0 Å². The molecule has 1 aliphatic rings. The number of rotatable bonds is 10. The number of hydrogen-bond acceptors (Lipinski definition) is 8. The summed E-state index contributed by atoms with van der Waals surface area (Å²) in [6, 6.07) is 5.69. The molecule has 0 bridgehead atoms. The fraction of sp³-hybridized carbons (Fsp3) is 0.593. The number of carbonyl (C=O) groups excluding carboxylic acids is 2. The molecule has 2 amide bonds. The highest BCUT2D eigenvalue weighted by atomic mass is 32.2. The second-order valence-electron chi connectivity index (χ2n) is 9.14. The number of carbonyl (C=O) groups is 2. The van der Waals surface area contributed by atoms with Crippen molar-refractivity contribution in [2.45, 2.75) is 76.2 Å². The van der Waals surface area contributed by atoms with E-state index >= 15 is 0 Å². The zero-order valence-corrected chi connectivity index (χ0v) is 25.3. The highest BCUT2D eigenvalue weighted by molar-refractivity contribution is 7.83. The van der Waals surface area contributed by atoms with Crippen molar-refractivity contribution in [1.29, 1.82) is 0 Å². The summed E-state index contributed by atoms with van der Waals surface area (Å²) in [7, 11) is 1.89. The second-order valence-corrected chi connectivity index (χ2v) is 11.5. The molecule has 10 nitrogen and oxygen atoms in total. The maximum Gasteiger partial charge on any atom is 0.404 e. The molecule has 12 heteroatoms. The molecule has 3 rings (SSSR count). The summed E-state index contributed by atoms with van der Waals surface area (Å²) in [5.74, 6) is 0.379. The molecule has 1 heterocycles. The summed E-state index contributed by atoms with van der Waals surface area (Å²) in [6.07, 6.45) is 7.51. The molecule has 0 aliphatic heterocycles. The van der Waals surface area contributed by atoms with Crippen LogP contribution in [0.25, 0.3) is 10.4 Å². The summed E-state index contributed by atoms with van der Waals surface area (Å²) in [6.45, 7) is 6.13. The largest absolute Gasteiger partial charge is 0.447 e. The predicted octanol–water partition coefficient (Wildman–Crippen LogP) is 3.89. The second kappa shape index (κ2) is 19.6. The summed E-state index contributed by atoms with van der Waals surface area (Å²) in [4.78, 5) is 28.2. The predicted molar refractivity (Wildman–Crippen MR) is 156 cm³/mol. The maximum atomic E-state index is 12.8. The van der Waals surface area contributed by atoms with Gasteiger partial charge in [-0.2, -0.15) is 0 Å². The van der Waals surface area contributed by atoms with E-state index in [1.165, 1.54) is 37.1 Å². The number of aliphatic hydroxyl groups is 1. The maximum absolute atomic E-state index is 12.8. The van der Waals surface area contributed by atoms with Crippen molar-refractivity contribution in [3.05, 3.63) is 35.0 Å². The van der Waals surface area contributed by atoms with Crippen LogP contribution in [-0.4, -0.2) is 66.3 Å². The van der Waals surface area contributed by atoms with Crippen LogP contribution in [0.15, 0.2) is 29.3 Å². The Morgan fingerprint density at radius 3 is 2.44 bits per heavy atom. The van der Waals surface area contributed by atoms with Gasteiger partial charge in [-0.1, -0.05) is 38.3 Å². The van der Waals surface area contributed by atoms with Gasteiger partial charge in [0, 0.05) is 45.0 Å². The number of ether oxygens (including phenoxy) is 2. The SMILES string of the molecule is CC(C)OC(N)=O.CCNS(=O)c1cc(CC(=O)NCCO)ccc1-c1cnc(C2CCCCC2)s1.COC. The number of amides is 2. The fourth-order valence-electron chi connectivity index (χ4n) is 3.87. The van der Waals surface area contributed by atoms with Crippen LogP contribution in [0.1, 0.15) is 69.4 Å². The van der Waals surface area contributed by atoms with Gasteiger partial charge in [0.2, 0.25) is 5.91 Å². The van der Waals surface area contributed by atoms with Gasteiger partial charge in [-0.25, -0.2) is 18.7 Å². The number of nitrogens with two attached hydrogens (primary N) is 1. The third-order valence-electron chi connectivity index (χ3n) is 5.42. The standard InChI is InChI=1S/C21H29N3O3S2.C4H9NO2.C2H6O/c1-2-24-29(27)19-12-15(13-20(26)22-10-11-25)8-9-17(19)18-14-23-21(28-18)16-6-4-3-5-7-16;1-3(2)7-4(5)6;1-3-2/h8-9,12,14,16,24-25H,2-7,10-11,13H2,1H3,(H,22,26);3H,1-2H3,(H2,5,6);1-2H3. The van der Waals surface area contributed by atoms with Gasteiger partial charge in [-0.05, 0) is 38.3 Å². The first kappa shape index (κ1) is 34.6. The number of aromatic nitrogens is 1. The normalized spacial score (nSPS) is 13.9. The molecular formula is C27H44N4O6S2. The number of methoxy groups -OCH3 is 1. The van der Waals surface area contributed by atoms with Crippen LogP contribution in [0.2, 0.25) is 0 Å². The highest BCUT2D eigenvalue weighted by Crippen LogP contribution is 2.39. The lowest BCUT2D eigenvalue weighted by molar-refractivity contribution is -0.120. The first-order chi connectivity index (χ1) is 18.7. The van der Waals surface area contributed by atoms with Crippen molar-refractivity contribution in [1.82, 2.24) is 15.0 Å². The zero-order valence-electron chi connectivity index (χ0n) is 23.7. The molecule has 5 N–H and O–H groups in total. The lowest BCUT2D eigenvalue weighted by Crippen LogP contribution is -2.27. The summed E-state index contributed by atoms with van der Waals surface area (Å²) in [5, 5.41) is 12.7. The van der Waals surface area contributed by atoms with E-state index in [1.54, 1.807) is 39.4 Å². The molecule has 0 spiro atoms. The third-order valence-corrected chi connectivity index (χ3v) is 7.90. The number of primary amides is 1. The van der Waals surface area contributed by atoms with Gasteiger partial charge in [0.15, 0.2) is 0 Å². The van der Waals surface area contributed by atoms with Crippen molar-refractivity contribution >= 4 is 34.3 Å².